The number of fused-ring (bicyclic) bond motifs is 3. The quantitative estimate of drug-likeness (QED) is 0.270. The van der Waals surface area contributed by atoms with Crippen LogP contribution in [-0.4, -0.2) is 48.2 Å². The highest BCUT2D eigenvalue weighted by Crippen LogP contribution is 2.61. The monoisotopic (exact) mass is 606 g/mol. The Morgan fingerprint density at radius 1 is 1.21 bits per heavy atom. The lowest BCUT2D eigenvalue weighted by molar-refractivity contribution is -0.128. The van der Waals surface area contributed by atoms with Gasteiger partial charge < -0.3 is 15.8 Å². The summed E-state index contributed by atoms with van der Waals surface area (Å²) in [6.07, 6.45) is 2.66. The highest BCUT2D eigenvalue weighted by atomic mass is 35.5. The van der Waals surface area contributed by atoms with E-state index in [1.165, 1.54) is 13.2 Å². The van der Waals surface area contributed by atoms with Crippen molar-refractivity contribution in [3.63, 3.8) is 0 Å². The molecule has 1 saturated heterocycles. The first-order valence-corrected chi connectivity index (χ1v) is 14.8. The number of amides is 1. The molecule has 10 heteroatoms. The van der Waals surface area contributed by atoms with Crippen molar-refractivity contribution in [2.75, 3.05) is 24.7 Å². The molecule has 0 aromatic heterocycles. The lowest BCUT2D eigenvalue weighted by Crippen LogP contribution is -2.53. The Labute approximate surface area is 252 Å². The van der Waals surface area contributed by atoms with Crippen molar-refractivity contribution in [1.29, 1.82) is 0 Å². The van der Waals surface area contributed by atoms with E-state index in [1.54, 1.807) is 43.3 Å². The molecule has 7 rings (SSSR count). The second-order valence-corrected chi connectivity index (χ2v) is 12.5. The summed E-state index contributed by atoms with van der Waals surface area (Å²) in [6, 6.07) is 13.2. The highest BCUT2D eigenvalue weighted by molar-refractivity contribution is 6.31. The van der Waals surface area contributed by atoms with Crippen LogP contribution < -0.4 is 11.1 Å². The minimum absolute atomic E-state index is 0.00459. The molecule has 1 spiro atoms. The van der Waals surface area contributed by atoms with Crippen LogP contribution in [0.5, 0.6) is 0 Å². The fraction of sp³-hybridized carbons (Fsp3) is 0.344. The standard InChI is InChI=1S/C32H29Cl2FN4O3/c1-15-18(30(40)42-2)9-10-19(28(15)36)23-13-25-29(37-23)26(20-4-3-5-22(34)27(20)35)32(39(25)14-16-6-7-16)21-11-8-17(33)12-24(21)38-31(32)41/h3-5,8-12,16,25-26,29H,6-7,13-14,36H2,1-2H3,(H,38,41)/t25-,26-,29+,32+/m0/s1. The Morgan fingerprint density at radius 2 is 2.00 bits per heavy atom. The van der Waals surface area contributed by atoms with Crippen molar-refractivity contribution < 1.29 is 18.7 Å². The van der Waals surface area contributed by atoms with Gasteiger partial charge in [0.15, 0.2) is 0 Å². The minimum atomic E-state index is -1.20. The molecule has 1 amide bonds. The number of nitrogens with one attached hydrogen (secondary N) is 1. The lowest BCUT2D eigenvalue weighted by Gasteiger charge is -2.40. The van der Waals surface area contributed by atoms with Gasteiger partial charge in [-0.3, -0.25) is 14.7 Å². The van der Waals surface area contributed by atoms with E-state index in [0.717, 1.165) is 29.7 Å². The highest BCUT2D eigenvalue weighted by Gasteiger charge is 2.68. The van der Waals surface area contributed by atoms with Crippen molar-refractivity contribution in [3.05, 3.63) is 92.2 Å². The fourth-order valence-electron chi connectivity index (χ4n) is 7.32. The summed E-state index contributed by atoms with van der Waals surface area (Å²) in [5.74, 6) is -1.46. The van der Waals surface area contributed by atoms with Gasteiger partial charge in [-0.2, -0.15) is 0 Å². The van der Waals surface area contributed by atoms with E-state index in [-0.39, 0.29) is 17.0 Å². The SMILES string of the molecule is COC(=O)c1ccc(C2=N[C@@H]3[C@H](C2)N(CC2CC2)[C@@]2(C(=O)Nc4cc(Cl)ccc42)[C@H]3c2cccc(Cl)c2F)c(N)c1C. The summed E-state index contributed by atoms with van der Waals surface area (Å²) in [4.78, 5) is 34.1. The van der Waals surface area contributed by atoms with Crippen LogP contribution in [0, 0.1) is 18.7 Å². The van der Waals surface area contributed by atoms with E-state index < -0.39 is 29.3 Å². The van der Waals surface area contributed by atoms with Gasteiger partial charge in [0, 0.05) is 58.2 Å². The summed E-state index contributed by atoms with van der Waals surface area (Å²) in [5, 5.41) is 3.57. The van der Waals surface area contributed by atoms with Crippen molar-refractivity contribution in [2.24, 2.45) is 10.9 Å². The Bertz CT molecular complexity index is 1710. The molecule has 7 nitrogen and oxygen atoms in total. The molecule has 4 atom stereocenters. The number of nitrogen functional groups attached to an aromatic ring is 1. The van der Waals surface area contributed by atoms with E-state index >= 15 is 4.39 Å². The number of carbonyl (C=O) groups is 2. The number of likely N-dealkylation sites (tertiary alicyclic amines) is 1. The number of esters is 1. The van der Waals surface area contributed by atoms with Crippen LogP contribution in [0.3, 0.4) is 0 Å². The van der Waals surface area contributed by atoms with Crippen molar-refractivity contribution >= 4 is 52.2 Å². The average Bonchev–Trinajstić information content (AvgIpc) is 3.54. The summed E-state index contributed by atoms with van der Waals surface area (Å²) >= 11 is 12.7. The van der Waals surface area contributed by atoms with Crippen molar-refractivity contribution in [2.45, 2.75) is 49.7 Å². The number of ether oxygens (including phenoxy) is 1. The lowest BCUT2D eigenvalue weighted by atomic mass is 9.73. The van der Waals surface area contributed by atoms with Gasteiger partial charge in [-0.25, -0.2) is 9.18 Å². The molecular formula is C32H29Cl2FN4O3. The van der Waals surface area contributed by atoms with Crippen LogP contribution in [0.2, 0.25) is 10.0 Å². The fourth-order valence-corrected chi connectivity index (χ4v) is 7.67. The number of anilines is 2. The van der Waals surface area contributed by atoms with Crippen molar-refractivity contribution in [3.8, 4) is 0 Å². The number of hydrogen-bond acceptors (Lipinski definition) is 6. The summed E-state index contributed by atoms with van der Waals surface area (Å²) in [5.41, 5.74) is 10.1. The third-order valence-corrected chi connectivity index (χ3v) is 9.96. The number of methoxy groups -OCH3 is 1. The van der Waals surface area contributed by atoms with Gasteiger partial charge in [0.1, 0.15) is 11.4 Å². The number of halogens is 3. The first-order chi connectivity index (χ1) is 20.2. The maximum atomic E-state index is 16.0. The molecule has 4 aliphatic rings. The number of aliphatic imine (C=N–C) groups is 1. The van der Waals surface area contributed by atoms with Gasteiger partial charge >= 0.3 is 5.97 Å². The van der Waals surface area contributed by atoms with Gasteiger partial charge in [-0.05, 0) is 61.1 Å². The van der Waals surface area contributed by atoms with Crippen LogP contribution in [0.4, 0.5) is 15.8 Å². The Morgan fingerprint density at radius 3 is 2.74 bits per heavy atom. The van der Waals surface area contributed by atoms with E-state index in [2.05, 4.69) is 10.2 Å². The van der Waals surface area contributed by atoms with E-state index in [1.807, 2.05) is 6.07 Å². The zero-order valence-electron chi connectivity index (χ0n) is 23.1. The smallest absolute Gasteiger partial charge is 0.338 e. The third kappa shape index (κ3) is 3.85. The normalized spacial score (nSPS) is 26.3. The molecule has 2 fully saturated rings. The van der Waals surface area contributed by atoms with E-state index in [0.29, 0.717) is 52.0 Å². The maximum absolute atomic E-state index is 16.0. The molecular weight excluding hydrogens is 578 g/mol. The largest absolute Gasteiger partial charge is 0.465 e. The molecule has 216 valence electrons. The molecule has 0 radical (unpaired) electrons. The van der Waals surface area contributed by atoms with Gasteiger partial charge in [-0.1, -0.05) is 47.5 Å². The average molecular weight is 608 g/mol. The van der Waals surface area contributed by atoms with Gasteiger partial charge in [0.05, 0.1) is 23.7 Å². The van der Waals surface area contributed by atoms with E-state index in [9.17, 15) is 9.59 Å². The summed E-state index contributed by atoms with van der Waals surface area (Å²) < 4.78 is 20.9. The maximum Gasteiger partial charge on any atom is 0.338 e. The molecule has 3 aromatic carbocycles. The number of rotatable bonds is 5. The molecule has 0 unspecified atom stereocenters. The van der Waals surface area contributed by atoms with Crippen molar-refractivity contribution in [1.82, 2.24) is 4.90 Å². The number of hydrogen-bond donors (Lipinski definition) is 2. The third-order valence-electron chi connectivity index (χ3n) is 9.43. The molecule has 0 bridgehead atoms. The van der Waals surface area contributed by atoms with Crippen LogP contribution in [0.1, 0.15) is 57.8 Å². The van der Waals surface area contributed by atoms with Crippen LogP contribution in [0.25, 0.3) is 0 Å². The zero-order valence-corrected chi connectivity index (χ0v) is 24.6. The Balaban J connectivity index is 1.44. The zero-order chi connectivity index (χ0) is 29.5. The molecule has 3 heterocycles. The topological polar surface area (TPSA) is 97.0 Å². The Kier molecular flexibility index (Phi) is 6.38. The van der Waals surface area contributed by atoms with Crippen LogP contribution >= 0.6 is 23.2 Å². The molecule has 1 aliphatic carbocycles. The minimum Gasteiger partial charge on any atom is -0.465 e. The number of benzene rings is 3. The second kappa shape index (κ2) is 9.79. The first-order valence-electron chi connectivity index (χ1n) is 14.0. The molecule has 3 N–H and O–H groups in total. The second-order valence-electron chi connectivity index (χ2n) is 11.7. The molecule has 1 saturated carbocycles. The molecule has 42 heavy (non-hydrogen) atoms. The van der Waals surface area contributed by atoms with Crippen LogP contribution in [-0.2, 0) is 15.1 Å². The van der Waals surface area contributed by atoms with Gasteiger partial charge in [0.2, 0.25) is 5.91 Å². The van der Waals surface area contributed by atoms with Gasteiger partial charge in [-0.15, -0.1) is 0 Å². The van der Waals surface area contributed by atoms with Crippen LogP contribution in [0.15, 0.2) is 53.5 Å². The van der Waals surface area contributed by atoms with E-state index in [4.69, 9.17) is 38.7 Å². The molecule has 3 aliphatic heterocycles. The summed E-state index contributed by atoms with van der Waals surface area (Å²) in [6.45, 7) is 2.46. The number of nitrogens with zero attached hydrogens (tertiary/aromatic N) is 2. The molecule has 3 aromatic rings. The summed E-state index contributed by atoms with van der Waals surface area (Å²) in [7, 11) is 1.33. The number of nitrogens with two attached hydrogens (primary N) is 1. The Hall–Kier alpha value is -3.46. The van der Waals surface area contributed by atoms with Gasteiger partial charge in [0.25, 0.3) is 0 Å². The first kappa shape index (κ1) is 27.4. The predicted molar refractivity (Wildman–Crippen MR) is 161 cm³/mol. The number of carbonyl (C=O) groups excluding carboxylic acids is 2. The predicted octanol–water partition coefficient (Wildman–Crippen LogP) is 6.10.